The lowest BCUT2D eigenvalue weighted by molar-refractivity contribution is 0.0919. The number of rotatable bonds is 4. The Morgan fingerprint density at radius 2 is 2.14 bits per heavy atom. The maximum absolute atomic E-state index is 12.9. The number of amides is 1. The maximum Gasteiger partial charge on any atom is 0.270 e. The highest BCUT2D eigenvalue weighted by atomic mass is 79.9. The highest BCUT2D eigenvalue weighted by Crippen LogP contribution is 2.34. The molecule has 2 aromatic heterocycles. The van der Waals surface area contributed by atoms with Crippen molar-refractivity contribution < 1.29 is 9.53 Å². The molecular weight excluding hydrogens is 420 g/mol. The van der Waals surface area contributed by atoms with Crippen LogP contribution in [-0.2, 0) is 0 Å². The van der Waals surface area contributed by atoms with Crippen LogP contribution in [0.5, 0.6) is 5.75 Å². The van der Waals surface area contributed by atoms with E-state index >= 15 is 0 Å². The maximum atomic E-state index is 12.9. The van der Waals surface area contributed by atoms with Crippen LogP contribution in [0.4, 0.5) is 0 Å². The van der Waals surface area contributed by atoms with Crippen molar-refractivity contribution in [1.29, 1.82) is 0 Å². The Morgan fingerprint density at radius 3 is 2.93 bits per heavy atom. The van der Waals surface area contributed by atoms with Crippen LogP contribution < -0.4 is 10.1 Å². The first-order valence-corrected chi connectivity index (χ1v) is 10.0. The molecule has 1 unspecified atom stereocenters. The fourth-order valence-electron chi connectivity index (χ4n) is 3.25. The third-order valence-electron chi connectivity index (χ3n) is 4.77. The normalized spacial score (nSPS) is 15.8. The Morgan fingerprint density at radius 1 is 1.29 bits per heavy atom. The lowest BCUT2D eigenvalue weighted by Gasteiger charge is -2.26. The van der Waals surface area contributed by atoms with E-state index in [1.807, 2.05) is 41.3 Å². The number of hydrogen-bond donors (Lipinski definition) is 1. The quantitative estimate of drug-likeness (QED) is 0.646. The second kappa shape index (κ2) is 7.75. The number of carbonyl (C=O) groups is 1. The van der Waals surface area contributed by atoms with Gasteiger partial charge in [-0.3, -0.25) is 14.5 Å². The summed E-state index contributed by atoms with van der Waals surface area (Å²) in [6.07, 6.45) is 6.17. The number of hydrogen-bond acceptors (Lipinski definition) is 4. The number of pyridine rings is 1. The van der Waals surface area contributed by atoms with E-state index in [9.17, 15) is 4.79 Å². The molecule has 0 aliphatic carbocycles. The zero-order valence-electron chi connectivity index (χ0n) is 15.7. The minimum atomic E-state index is -0.198. The van der Waals surface area contributed by atoms with Crippen LogP contribution in [0.3, 0.4) is 0 Å². The van der Waals surface area contributed by atoms with Gasteiger partial charge in [0.25, 0.3) is 5.91 Å². The number of halogens is 1. The number of fused-ring (bicyclic) bond motifs is 1. The van der Waals surface area contributed by atoms with E-state index < -0.39 is 0 Å². The van der Waals surface area contributed by atoms with Gasteiger partial charge < -0.3 is 10.1 Å². The molecule has 0 bridgehead atoms. The molecule has 1 aliphatic rings. The molecule has 6 nitrogen and oxygen atoms in total. The zero-order valence-corrected chi connectivity index (χ0v) is 17.3. The van der Waals surface area contributed by atoms with Crippen molar-refractivity contribution >= 4 is 21.8 Å². The highest BCUT2D eigenvalue weighted by Gasteiger charge is 2.24. The van der Waals surface area contributed by atoms with E-state index in [0.717, 1.165) is 33.3 Å². The van der Waals surface area contributed by atoms with Gasteiger partial charge in [0.2, 0.25) is 0 Å². The Kier molecular flexibility index (Phi) is 5.17. The van der Waals surface area contributed by atoms with Crippen molar-refractivity contribution in [2.24, 2.45) is 0 Å². The first kappa shape index (κ1) is 18.7. The molecule has 1 atom stereocenters. The molecule has 0 saturated carbocycles. The fourth-order valence-corrected chi connectivity index (χ4v) is 3.63. The molecule has 7 heteroatoms. The molecule has 1 N–H and O–H groups in total. The lowest BCUT2D eigenvalue weighted by Crippen LogP contribution is -2.32. The number of carbonyl (C=O) groups excluding carboxylic acids is 1. The average molecular weight is 441 g/mol. The molecule has 1 aliphatic heterocycles. The first-order valence-electron chi connectivity index (χ1n) is 9.25. The number of nitrogens with zero attached hydrogens (tertiary/aromatic N) is 3. The van der Waals surface area contributed by atoms with Crippen molar-refractivity contribution in [3.8, 4) is 16.9 Å². The number of nitrogens with one attached hydrogen (secondary N) is 1. The van der Waals surface area contributed by atoms with Gasteiger partial charge in [-0.1, -0.05) is 15.9 Å². The minimum absolute atomic E-state index is 0.108. The monoisotopic (exact) mass is 440 g/mol. The SMILES string of the molecule is CC(C)n1cc(-c2ccnc(C(=O)NC3CCOc4ccc(Br)cc43)c2)cn1. The summed E-state index contributed by atoms with van der Waals surface area (Å²) in [6, 6.07) is 9.71. The molecule has 0 saturated heterocycles. The van der Waals surface area contributed by atoms with E-state index in [-0.39, 0.29) is 18.0 Å². The van der Waals surface area contributed by atoms with Crippen LogP contribution in [0.25, 0.3) is 11.1 Å². The minimum Gasteiger partial charge on any atom is -0.493 e. The second-order valence-electron chi connectivity index (χ2n) is 7.08. The molecule has 0 spiro atoms. The average Bonchev–Trinajstić information content (AvgIpc) is 3.19. The molecule has 3 aromatic rings. The third kappa shape index (κ3) is 3.80. The van der Waals surface area contributed by atoms with Gasteiger partial charge in [-0.05, 0) is 49.7 Å². The molecule has 3 heterocycles. The highest BCUT2D eigenvalue weighted by molar-refractivity contribution is 9.10. The van der Waals surface area contributed by atoms with Crippen molar-refractivity contribution in [1.82, 2.24) is 20.1 Å². The van der Waals surface area contributed by atoms with E-state index in [0.29, 0.717) is 12.3 Å². The molecule has 1 aromatic carbocycles. The van der Waals surface area contributed by atoms with Crippen LogP contribution >= 0.6 is 15.9 Å². The van der Waals surface area contributed by atoms with Crippen molar-refractivity contribution in [3.05, 3.63) is 64.7 Å². The summed E-state index contributed by atoms with van der Waals surface area (Å²) < 4.78 is 8.55. The van der Waals surface area contributed by atoms with Crippen LogP contribution in [0.2, 0.25) is 0 Å². The topological polar surface area (TPSA) is 69.0 Å². The summed E-state index contributed by atoms with van der Waals surface area (Å²) in [5, 5.41) is 7.47. The van der Waals surface area contributed by atoms with E-state index in [1.165, 1.54) is 0 Å². The van der Waals surface area contributed by atoms with Crippen LogP contribution in [0.15, 0.2) is 53.4 Å². The first-order chi connectivity index (χ1) is 13.5. The zero-order chi connectivity index (χ0) is 19.7. The van der Waals surface area contributed by atoms with E-state index in [2.05, 4.69) is 45.2 Å². The van der Waals surface area contributed by atoms with Gasteiger partial charge in [0.1, 0.15) is 11.4 Å². The summed E-state index contributed by atoms with van der Waals surface area (Å²) in [5.41, 5.74) is 3.24. The van der Waals surface area contributed by atoms with Gasteiger partial charge in [-0.25, -0.2) is 0 Å². The predicted octanol–water partition coefficient (Wildman–Crippen LogP) is 4.54. The summed E-state index contributed by atoms with van der Waals surface area (Å²) in [4.78, 5) is 17.1. The molecule has 28 heavy (non-hydrogen) atoms. The molecule has 1 amide bonds. The van der Waals surface area contributed by atoms with Gasteiger partial charge in [0.05, 0.1) is 18.8 Å². The van der Waals surface area contributed by atoms with Gasteiger partial charge in [0, 0.05) is 40.5 Å². The summed E-state index contributed by atoms with van der Waals surface area (Å²) >= 11 is 3.49. The Labute approximate surface area is 172 Å². The molecule has 0 radical (unpaired) electrons. The summed E-state index contributed by atoms with van der Waals surface area (Å²) in [6.45, 7) is 4.72. The van der Waals surface area contributed by atoms with Crippen LogP contribution in [-0.4, -0.2) is 27.3 Å². The van der Waals surface area contributed by atoms with Crippen LogP contribution in [0, 0.1) is 0 Å². The van der Waals surface area contributed by atoms with Gasteiger partial charge in [-0.2, -0.15) is 5.10 Å². The fraction of sp³-hybridized carbons (Fsp3) is 0.286. The number of aromatic nitrogens is 3. The summed E-state index contributed by atoms with van der Waals surface area (Å²) in [5.74, 6) is 0.610. The van der Waals surface area contributed by atoms with Crippen molar-refractivity contribution in [2.75, 3.05) is 6.61 Å². The Hall–Kier alpha value is -2.67. The third-order valence-corrected chi connectivity index (χ3v) is 5.27. The molecule has 4 rings (SSSR count). The number of benzene rings is 1. The van der Waals surface area contributed by atoms with Crippen molar-refractivity contribution in [2.45, 2.75) is 32.4 Å². The predicted molar refractivity (Wildman–Crippen MR) is 110 cm³/mol. The molecule has 144 valence electrons. The Balaban J connectivity index is 1.56. The smallest absolute Gasteiger partial charge is 0.270 e. The van der Waals surface area contributed by atoms with E-state index in [1.54, 1.807) is 12.3 Å². The molecular formula is C21H21BrN4O2. The molecule has 0 fully saturated rings. The standard InChI is InChI=1S/C21H21BrN4O2/c1-13(2)26-12-15(11-24-26)14-5-7-23-19(9-14)21(27)25-18-6-8-28-20-4-3-16(22)10-17(18)20/h3-5,7,9-13,18H,6,8H2,1-2H3,(H,25,27). The van der Waals surface area contributed by atoms with E-state index in [4.69, 9.17) is 4.74 Å². The summed E-state index contributed by atoms with van der Waals surface area (Å²) in [7, 11) is 0. The van der Waals surface area contributed by atoms with Gasteiger partial charge in [0.15, 0.2) is 0 Å². The van der Waals surface area contributed by atoms with Crippen LogP contribution in [0.1, 0.15) is 48.4 Å². The lowest BCUT2D eigenvalue weighted by atomic mass is 10.0. The second-order valence-corrected chi connectivity index (χ2v) is 7.99. The van der Waals surface area contributed by atoms with Crippen molar-refractivity contribution in [3.63, 3.8) is 0 Å². The Bertz CT molecular complexity index is 1020. The number of ether oxygens (including phenoxy) is 1. The largest absolute Gasteiger partial charge is 0.493 e. The van der Waals surface area contributed by atoms with Gasteiger partial charge >= 0.3 is 0 Å². The van der Waals surface area contributed by atoms with Gasteiger partial charge in [-0.15, -0.1) is 0 Å².